The molecule has 2 aliphatic rings. The second-order valence-corrected chi connectivity index (χ2v) is 8.85. The van der Waals surface area contributed by atoms with Crippen LogP contribution in [0.15, 0.2) is 41.5 Å². The first kappa shape index (κ1) is 20.4. The molecule has 2 unspecified atom stereocenters. The Morgan fingerprint density at radius 2 is 1.63 bits per heavy atom. The number of hydrogen-bond donors (Lipinski definition) is 2. The Morgan fingerprint density at radius 1 is 0.967 bits per heavy atom. The van der Waals surface area contributed by atoms with Gasteiger partial charge in [-0.3, -0.25) is 0 Å². The molecule has 2 heterocycles. The van der Waals surface area contributed by atoms with Gasteiger partial charge in [-0.05, 0) is 71.2 Å². The van der Waals surface area contributed by atoms with Gasteiger partial charge < -0.3 is 19.7 Å². The monoisotopic (exact) mass is 406 g/mol. The minimum Gasteiger partial charge on any atom is -0.508 e. The normalized spacial score (nSPS) is 18.4. The predicted octanol–water partition coefficient (Wildman–Crippen LogP) is 6.03. The lowest BCUT2D eigenvalue weighted by Gasteiger charge is -2.29. The number of allylic oxidation sites excluding steroid dienone is 4. The predicted molar refractivity (Wildman–Crippen MR) is 119 cm³/mol. The third-order valence-electron chi connectivity index (χ3n) is 5.99. The lowest BCUT2D eigenvalue weighted by atomic mass is 9.86. The molecule has 0 fully saturated rings. The molecule has 0 aromatic heterocycles. The van der Waals surface area contributed by atoms with Crippen molar-refractivity contribution in [1.29, 1.82) is 0 Å². The topological polar surface area (TPSA) is 58.9 Å². The Morgan fingerprint density at radius 3 is 2.30 bits per heavy atom. The van der Waals surface area contributed by atoms with Crippen LogP contribution < -0.4 is 9.47 Å². The summed E-state index contributed by atoms with van der Waals surface area (Å²) in [4.78, 5) is 0. The second-order valence-electron chi connectivity index (χ2n) is 8.85. The summed E-state index contributed by atoms with van der Waals surface area (Å²) in [5, 5.41) is 21.2. The van der Waals surface area contributed by atoms with Crippen LogP contribution in [0.4, 0.5) is 0 Å². The lowest BCUT2D eigenvalue weighted by Crippen LogP contribution is -2.24. The van der Waals surface area contributed by atoms with Crippen molar-refractivity contribution in [2.75, 3.05) is 6.61 Å². The molecule has 2 atom stereocenters. The number of rotatable bonds is 4. The summed E-state index contributed by atoms with van der Waals surface area (Å²) in [5.74, 6) is 2.13. The molecule has 0 saturated carbocycles. The summed E-state index contributed by atoms with van der Waals surface area (Å²) < 4.78 is 12.7. The van der Waals surface area contributed by atoms with Gasteiger partial charge in [0.15, 0.2) is 0 Å². The summed E-state index contributed by atoms with van der Waals surface area (Å²) in [7, 11) is 0. The molecule has 0 radical (unpaired) electrons. The van der Waals surface area contributed by atoms with E-state index in [1.54, 1.807) is 6.07 Å². The van der Waals surface area contributed by atoms with Gasteiger partial charge in [0.05, 0.1) is 12.5 Å². The molecule has 2 N–H and O–H groups in total. The number of benzene rings is 2. The molecule has 0 aliphatic carbocycles. The third kappa shape index (κ3) is 3.45. The first-order valence-electron chi connectivity index (χ1n) is 10.5. The van der Waals surface area contributed by atoms with Crippen molar-refractivity contribution in [3.05, 3.63) is 69.3 Å². The molecule has 0 amide bonds. The van der Waals surface area contributed by atoms with Crippen molar-refractivity contribution in [2.24, 2.45) is 0 Å². The molecule has 2 aliphatic heterocycles. The van der Waals surface area contributed by atoms with E-state index in [2.05, 4.69) is 26.0 Å². The molecule has 0 spiro atoms. The van der Waals surface area contributed by atoms with Crippen molar-refractivity contribution in [3.8, 4) is 23.0 Å². The van der Waals surface area contributed by atoms with E-state index in [9.17, 15) is 10.2 Å². The van der Waals surface area contributed by atoms with E-state index in [0.717, 1.165) is 39.3 Å². The Hall–Kier alpha value is -2.88. The highest BCUT2D eigenvalue weighted by Gasteiger charge is 2.43. The van der Waals surface area contributed by atoms with Crippen molar-refractivity contribution < 1.29 is 19.7 Å². The fourth-order valence-corrected chi connectivity index (χ4v) is 4.33. The number of phenols is 2. The summed E-state index contributed by atoms with van der Waals surface area (Å²) in [5.41, 5.74) is 6.95. The average Bonchev–Trinajstić information content (AvgIpc) is 3.05. The molecule has 2 aromatic rings. The fraction of sp³-hybridized carbons (Fsp3) is 0.385. The van der Waals surface area contributed by atoms with Gasteiger partial charge in [-0.2, -0.15) is 0 Å². The van der Waals surface area contributed by atoms with Crippen LogP contribution in [0.25, 0.3) is 0 Å². The van der Waals surface area contributed by atoms with Crippen molar-refractivity contribution >= 4 is 0 Å². The van der Waals surface area contributed by atoms with Crippen LogP contribution in [-0.4, -0.2) is 16.8 Å². The van der Waals surface area contributed by atoms with Crippen LogP contribution in [0.3, 0.4) is 0 Å². The van der Waals surface area contributed by atoms with Crippen molar-refractivity contribution in [3.63, 3.8) is 0 Å². The minimum absolute atomic E-state index is 0.0677. The van der Waals surface area contributed by atoms with Gasteiger partial charge in [-0.15, -0.1) is 0 Å². The number of ether oxygens (including phenoxy) is 2. The quantitative estimate of drug-likeness (QED) is 0.608. The van der Waals surface area contributed by atoms with Gasteiger partial charge in [0.25, 0.3) is 0 Å². The summed E-state index contributed by atoms with van der Waals surface area (Å²) in [6.07, 6.45) is 5.27. The van der Waals surface area contributed by atoms with E-state index in [1.807, 2.05) is 32.9 Å². The number of aryl methyl sites for hydroxylation is 1. The standard InChI is InChI=1S/C26H30O4/c1-14(2)6-8-17-22(27)11-10-19-24(17)29-13-21-20-12-16(5)23(28)18(9-7-15(3)4)25(20)30-26(19)21/h6-7,10-12,21,26-28H,8-9,13H2,1-5H3. The highest BCUT2D eigenvalue weighted by molar-refractivity contribution is 5.61. The van der Waals surface area contributed by atoms with Gasteiger partial charge in [0.2, 0.25) is 0 Å². The van der Waals surface area contributed by atoms with Gasteiger partial charge in [-0.25, -0.2) is 0 Å². The SMILES string of the molecule is CC(C)=CCc1c(O)c(C)cc2c1OC1c3ccc(O)c(CC=C(C)C)c3OCC21. The first-order valence-corrected chi connectivity index (χ1v) is 10.5. The average molecular weight is 407 g/mol. The maximum Gasteiger partial charge on any atom is 0.138 e. The molecular weight excluding hydrogens is 376 g/mol. The van der Waals surface area contributed by atoms with Crippen LogP contribution >= 0.6 is 0 Å². The van der Waals surface area contributed by atoms with E-state index in [0.29, 0.717) is 25.2 Å². The molecule has 4 heteroatoms. The van der Waals surface area contributed by atoms with E-state index in [1.165, 1.54) is 11.1 Å². The maximum absolute atomic E-state index is 10.7. The molecule has 4 nitrogen and oxygen atoms in total. The van der Waals surface area contributed by atoms with Crippen LogP contribution in [0.5, 0.6) is 23.0 Å². The van der Waals surface area contributed by atoms with Gasteiger partial charge >= 0.3 is 0 Å². The zero-order valence-corrected chi connectivity index (χ0v) is 18.4. The van der Waals surface area contributed by atoms with Crippen LogP contribution in [0.2, 0.25) is 0 Å². The van der Waals surface area contributed by atoms with Crippen molar-refractivity contribution in [2.45, 2.75) is 59.5 Å². The minimum atomic E-state index is -0.179. The molecular formula is C26H30O4. The number of aromatic hydroxyl groups is 2. The number of phenolic OH excluding ortho intramolecular Hbond substituents is 2. The Bertz CT molecular complexity index is 1050. The second kappa shape index (κ2) is 7.75. The molecule has 158 valence electrons. The van der Waals surface area contributed by atoms with Gasteiger partial charge in [-0.1, -0.05) is 23.3 Å². The smallest absolute Gasteiger partial charge is 0.138 e. The Kier molecular flexibility index (Phi) is 5.27. The Labute approximate surface area is 178 Å². The van der Waals surface area contributed by atoms with E-state index >= 15 is 0 Å². The number of fused-ring (bicyclic) bond motifs is 5. The van der Waals surface area contributed by atoms with E-state index in [-0.39, 0.29) is 17.8 Å². The fourth-order valence-electron chi connectivity index (χ4n) is 4.33. The summed E-state index contributed by atoms with van der Waals surface area (Å²) in [6.45, 7) is 10.6. The zero-order valence-electron chi connectivity index (χ0n) is 18.4. The van der Waals surface area contributed by atoms with Crippen molar-refractivity contribution in [1.82, 2.24) is 0 Å². The zero-order chi connectivity index (χ0) is 21.6. The molecule has 0 saturated heterocycles. The van der Waals surface area contributed by atoms with Crippen LogP contribution in [0, 0.1) is 6.92 Å². The Balaban J connectivity index is 1.78. The van der Waals surface area contributed by atoms with Gasteiger partial charge in [0.1, 0.15) is 29.1 Å². The summed E-state index contributed by atoms with van der Waals surface area (Å²) in [6, 6.07) is 5.67. The number of hydrogen-bond acceptors (Lipinski definition) is 4. The highest BCUT2D eigenvalue weighted by Crippen LogP contribution is 2.55. The van der Waals surface area contributed by atoms with Crippen LogP contribution in [-0.2, 0) is 12.8 Å². The highest BCUT2D eigenvalue weighted by atomic mass is 16.5. The first-order chi connectivity index (χ1) is 14.3. The molecule has 0 bridgehead atoms. The van der Waals surface area contributed by atoms with E-state index in [4.69, 9.17) is 9.47 Å². The molecule has 2 aromatic carbocycles. The van der Waals surface area contributed by atoms with Crippen LogP contribution in [0.1, 0.15) is 67.5 Å². The maximum atomic E-state index is 10.7. The summed E-state index contributed by atoms with van der Waals surface area (Å²) >= 11 is 0. The lowest BCUT2D eigenvalue weighted by molar-refractivity contribution is 0.137. The van der Waals surface area contributed by atoms with Gasteiger partial charge in [0, 0.05) is 22.3 Å². The largest absolute Gasteiger partial charge is 0.508 e. The van der Waals surface area contributed by atoms with E-state index < -0.39 is 0 Å². The third-order valence-corrected chi connectivity index (χ3v) is 5.99. The molecule has 4 rings (SSSR count). The molecule has 30 heavy (non-hydrogen) atoms.